The van der Waals surface area contributed by atoms with Crippen molar-refractivity contribution < 1.29 is 26.7 Å². The van der Waals surface area contributed by atoms with Crippen LogP contribution in [0.2, 0.25) is 5.02 Å². The van der Waals surface area contributed by atoms with Gasteiger partial charge in [0.25, 0.3) is 5.91 Å². The third-order valence-electron chi connectivity index (χ3n) is 6.55. The van der Waals surface area contributed by atoms with Crippen molar-refractivity contribution in [3.05, 3.63) is 105 Å². The van der Waals surface area contributed by atoms with Gasteiger partial charge in [-0.1, -0.05) is 23.7 Å². The molecule has 4 rings (SSSR count). The first kappa shape index (κ1) is 26.6. The van der Waals surface area contributed by atoms with Gasteiger partial charge in [0.05, 0.1) is 22.2 Å². The maximum absolute atomic E-state index is 14.3. The second kappa shape index (κ2) is 10.5. The van der Waals surface area contributed by atoms with Crippen molar-refractivity contribution in [1.82, 2.24) is 9.80 Å². The minimum atomic E-state index is -4.80. The predicted octanol–water partition coefficient (Wildman–Crippen LogP) is 6.25. The summed E-state index contributed by atoms with van der Waals surface area (Å²) >= 11 is 5.85. The van der Waals surface area contributed by atoms with E-state index in [1.807, 2.05) is 11.0 Å². The third kappa shape index (κ3) is 5.76. The first-order valence-electron chi connectivity index (χ1n) is 11.3. The minimum Gasteiger partial charge on any atom is -0.336 e. The summed E-state index contributed by atoms with van der Waals surface area (Å²) in [5.41, 5.74) is 0.383. The lowest BCUT2D eigenvalue weighted by Gasteiger charge is -2.29. The molecule has 192 valence electrons. The van der Waals surface area contributed by atoms with Gasteiger partial charge in [-0.3, -0.25) is 9.69 Å². The Hall–Kier alpha value is -3.48. The van der Waals surface area contributed by atoms with Gasteiger partial charge in [-0.05, 0) is 66.7 Å². The van der Waals surface area contributed by atoms with Crippen molar-refractivity contribution in [2.75, 3.05) is 20.1 Å². The molecule has 0 radical (unpaired) electrons. The van der Waals surface area contributed by atoms with Gasteiger partial charge in [-0.25, -0.2) is 8.78 Å². The van der Waals surface area contributed by atoms with Crippen molar-refractivity contribution in [2.45, 2.75) is 24.7 Å². The van der Waals surface area contributed by atoms with Crippen LogP contribution >= 0.6 is 11.6 Å². The van der Waals surface area contributed by atoms with Gasteiger partial charge in [0, 0.05) is 37.2 Å². The Balaban J connectivity index is 1.61. The summed E-state index contributed by atoms with van der Waals surface area (Å²) < 4.78 is 67.3. The lowest BCUT2D eigenvalue weighted by Crippen LogP contribution is -2.38. The van der Waals surface area contributed by atoms with Crippen LogP contribution in [0.5, 0.6) is 0 Å². The largest absolute Gasteiger partial charge is 0.419 e. The Kier molecular flexibility index (Phi) is 7.53. The number of carbonyl (C=O) groups excluding carboxylic acids is 1. The summed E-state index contributed by atoms with van der Waals surface area (Å²) in [6.45, 7) is 0.592. The molecule has 1 saturated heterocycles. The third-order valence-corrected chi connectivity index (χ3v) is 6.85. The van der Waals surface area contributed by atoms with Crippen LogP contribution in [0.25, 0.3) is 0 Å². The van der Waals surface area contributed by atoms with Gasteiger partial charge < -0.3 is 4.90 Å². The molecule has 2 unspecified atom stereocenters. The Bertz CT molecular complexity index is 1350. The average molecular weight is 534 g/mol. The molecular formula is C27H21ClF5N3O. The highest BCUT2D eigenvalue weighted by Gasteiger charge is 2.39. The molecule has 1 amide bonds. The lowest BCUT2D eigenvalue weighted by molar-refractivity contribution is -0.140. The summed E-state index contributed by atoms with van der Waals surface area (Å²) in [6.07, 6.45) is -4.80. The highest BCUT2D eigenvalue weighted by molar-refractivity contribution is 6.30. The molecule has 37 heavy (non-hydrogen) atoms. The van der Waals surface area contributed by atoms with Crippen molar-refractivity contribution in [2.24, 2.45) is 0 Å². The SMILES string of the molecule is CN(Cc1ccc(C(F)(F)F)c(F)c1)C1CN(C(=O)c2ccc(C#N)cc2)CC1c1ccc(Cl)c(F)c1. The van der Waals surface area contributed by atoms with Gasteiger partial charge in [-0.2, -0.15) is 18.4 Å². The molecule has 0 spiro atoms. The van der Waals surface area contributed by atoms with Crippen LogP contribution in [0, 0.1) is 23.0 Å². The predicted molar refractivity (Wildman–Crippen MR) is 128 cm³/mol. The average Bonchev–Trinajstić information content (AvgIpc) is 3.30. The summed E-state index contributed by atoms with van der Waals surface area (Å²) in [5.74, 6) is -2.60. The molecule has 1 heterocycles. The summed E-state index contributed by atoms with van der Waals surface area (Å²) in [4.78, 5) is 16.6. The van der Waals surface area contributed by atoms with E-state index in [2.05, 4.69) is 0 Å². The second-order valence-electron chi connectivity index (χ2n) is 8.97. The first-order valence-corrected chi connectivity index (χ1v) is 11.7. The smallest absolute Gasteiger partial charge is 0.336 e. The molecule has 0 saturated carbocycles. The van der Waals surface area contributed by atoms with Gasteiger partial charge >= 0.3 is 6.18 Å². The van der Waals surface area contributed by atoms with E-state index in [9.17, 15) is 26.7 Å². The molecule has 3 aromatic rings. The number of nitriles is 1. The first-order chi connectivity index (χ1) is 17.5. The fourth-order valence-corrected chi connectivity index (χ4v) is 4.75. The van der Waals surface area contributed by atoms with E-state index in [0.29, 0.717) is 28.3 Å². The number of halogens is 6. The van der Waals surface area contributed by atoms with Crippen LogP contribution in [-0.2, 0) is 12.7 Å². The molecule has 4 nitrogen and oxygen atoms in total. The number of rotatable bonds is 5. The zero-order valence-corrected chi connectivity index (χ0v) is 20.3. The number of benzene rings is 3. The van der Waals surface area contributed by atoms with Crippen LogP contribution in [0.15, 0.2) is 60.7 Å². The number of alkyl halides is 3. The Labute approximate surface area is 215 Å². The maximum Gasteiger partial charge on any atom is 0.419 e. The number of hydrogen-bond donors (Lipinski definition) is 0. The number of nitrogens with zero attached hydrogens (tertiary/aromatic N) is 3. The normalized spacial score (nSPS) is 17.8. The number of likely N-dealkylation sites (tertiary alicyclic amines) is 1. The van der Waals surface area contributed by atoms with E-state index in [4.69, 9.17) is 16.9 Å². The molecular weight excluding hydrogens is 513 g/mol. The number of amides is 1. The zero-order chi connectivity index (χ0) is 26.9. The highest BCUT2D eigenvalue weighted by atomic mass is 35.5. The molecule has 2 atom stereocenters. The summed E-state index contributed by atoms with van der Waals surface area (Å²) in [5, 5.41) is 8.96. The van der Waals surface area contributed by atoms with Crippen molar-refractivity contribution >= 4 is 17.5 Å². The van der Waals surface area contributed by atoms with Gasteiger partial charge in [0.1, 0.15) is 11.6 Å². The highest BCUT2D eigenvalue weighted by Crippen LogP contribution is 2.35. The Morgan fingerprint density at radius 2 is 1.76 bits per heavy atom. The fourth-order valence-electron chi connectivity index (χ4n) is 4.63. The van der Waals surface area contributed by atoms with E-state index in [1.54, 1.807) is 30.1 Å². The number of likely N-dealkylation sites (N-methyl/N-ethyl adjacent to an activating group) is 1. The zero-order valence-electron chi connectivity index (χ0n) is 19.6. The van der Waals surface area contributed by atoms with Crippen LogP contribution < -0.4 is 0 Å². The topological polar surface area (TPSA) is 47.3 Å². The second-order valence-corrected chi connectivity index (χ2v) is 9.38. The molecule has 10 heteroatoms. The van der Waals surface area contributed by atoms with Crippen molar-refractivity contribution in [1.29, 1.82) is 5.26 Å². The molecule has 0 aromatic heterocycles. The standard InChI is InChI=1S/C27H21ClF5N3O/c1-35(13-17-4-8-21(23(29)10-17)27(31,32)33)25-15-36(26(37)18-5-2-16(12-34)3-6-18)14-20(25)19-7-9-22(28)24(30)11-19/h2-11,20,25H,13-15H2,1H3. The quantitative estimate of drug-likeness (QED) is 0.364. The number of hydrogen-bond acceptors (Lipinski definition) is 3. The van der Waals surface area contributed by atoms with E-state index in [1.165, 1.54) is 30.3 Å². The molecule has 0 aliphatic carbocycles. The van der Waals surface area contributed by atoms with Gasteiger partial charge in [0.15, 0.2) is 0 Å². The molecule has 1 aliphatic heterocycles. The minimum absolute atomic E-state index is 0.0441. The van der Waals surface area contributed by atoms with Crippen LogP contribution in [0.3, 0.4) is 0 Å². The molecule has 0 N–H and O–H groups in total. The number of carbonyl (C=O) groups is 1. The van der Waals surface area contributed by atoms with Crippen LogP contribution in [-0.4, -0.2) is 41.9 Å². The van der Waals surface area contributed by atoms with Gasteiger partial charge in [0.2, 0.25) is 0 Å². The monoisotopic (exact) mass is 533 g/mol. The lowest BCUT2D eigenvalue weighted by atomic mass is 9.93. The summed E-state index contributed by atoms with van der Waals surface area (Å²) in [6, 6.07) is 15.0. The van der Waals surface area contributed by atoms with Crippen molar-refractivity contribution in [3.8, 4) is 6.07 Å². The van der Waals surface area contributed by atoms with Crippen LogP contribution in [0.4, 0.5) is 22.0 Å². The molecule has 0 bridgehead atoms. The summed E-state index contributed by atoms with van der Waals surface area (Å²) in [7, 11) is 1.72. The van der Waals surface area contributed by atoms with E-state index < -0.39 is 23.4 Å². The molecule has 1 aliphatic rings. The van der Waals surface area contributed by atoms with Crippen molar-refractivity contribution in [3.63, 3.8) is 0 Å². The molecule has 3 aromatic carbocycles. The Morgan fingerprint density at radius 3 is 2.35 bits per heavy atom. The van der Waals surface area contributed by atoms with Gasteiger partial charge in [-0.15, -0.1) is 0 Å². The van der Waals surface area contributed by atoms with E-state index in [-0.39, 0.29) is 42.5 Å². The van der Waals surface area contributed by atoms with Crippen LogP contribution in [0.1, 0.15) is 38.5 Å². The maximum atomic E-state index is 14.3. The van der Waals surface area contributed by atoms with E-state index in [0.717, 1.165) is 6.07 Å². The Morgan fingerprint density at radius 1 is 1.05 bits per heavy atom. The fraction of sp³-hybridized carbons (Fsp3) is 0.259. The molecule has 1 fully saturated rings. The van der Waals surface area contributed by atoms with E-state index >= 15 is 0 Å².